The maximum Gasteiger partial charge on any atom is 0.248 e. The molecule has 0 aliphatic carbocycles. The summed E-state index contributed by atoms with van der Waals surface area (Å²) in [4.78, 5) is 48.9. The predicted octanol–water partition coefficient (Wildman–Crippen LogP) is 3.86. The molecule has 10 nitrogen and oxygen atoms in total. The number of nitrogens with zero attached hydrogens (tertiary/aromatic N) is 6. The van der Waals surface area contributed by atoms with E-state index in [2.05, 4.69) is 30.4 Å². The van der Waals surface area contributed by atoms with Gasteiger partial charge in [0.2, 0.25) is 17.7 Å². The Morgan fingerprint density at radius 3 is 2.55 bits per heavy atom. The zero-order valence-corrected chi connectivity index (χ0v) is 26.9. The molecule has 3 amide bonds. The van der Waals surface area contributed by atoms with Gasteiger partial charge in [0.25, 0.3) is 0 Å². The van der Waals surface area contributed by atoms with Crippen LogP contribution < -0.4 is 0 Å². The zero-order chi connectivity index (χ0) is 31.5. The van der Waals surface area contributed by atoms with Crippen LogP contribution in [0.4, 0.5) is 0 Å². The number of thioether (sulfide) groups is 1. The second kappa shape index (κ2) is 13.4. The van der Waals surface area contributed by atoms with Crippen molar-refractivity contribution in [2.45, 2.75) is 81.0 Å². The van der Waals surface area contributed by atoms with Gasteiger partial charge in [0.05, 0.1) is 22.1 Å². The molecule has 44 heavy (non-hydrogen) atoms. The fraction of sp³-hybridized carbons (Fsp3) is 0.606. The molecule has 5 rings (SSSR count). The number of amides is 3. The number of fused-ring (bicyclic) bond motifs is 2. The molecule has 1 aromatic heterocycles. The molecule has 0 saturated carbocycles. The number of rotatable bonds is 16. The van der Waals surface area contributed by atoms with Crippen molar-refractivity contribution < 1.29 is 19.5 Å². The second-order valence-corrected chi connectivity index (χ2v) is 14.4. The highest BCUT2D eigenvalue weighted by Gasteiger charge is 2.77. The summed E-state index contributed by atoms with van der Waals surface area (Å²) in [6.45, 7) is 14.0. The minimum absolute atomic E-state index is 0.00490. The standard InChI is InChI=1S/C33H46N6O4S/c1-5-18-36(19-6-2)29(41)26-27-30(42)38(21-12-8-9-13-22-40)28(33(27)17-16-32(26,4)44-33)31(43)37(20-7-3)23-39-25-15-11-10-14-24(25)34-35-39/h5,7,10-11,14-15,26-28,40H,1,3,6,8-9,12-13,16-23H2,2,4H3/t26-,27+,28?,32+,33?/m1/s1. The summed E-state index contributed by atoms with van der Waals surface area (Å²) in [5.74, 6) is -1.29. The fourth-order valence-electron chi connectivity index (χ4n) is 7.71. The van der Waals surface area contributed by atoms with Crippen molar-refractivity contribution in [2.75, 3.05) is 32.8 Å². The average molecular weight is 623 g/mol. The molecule has 11 heteroatoms. The second-order valence-electron chi connectivity index (χ2n) is 12.5. The third kappa shape index (κ3) is 5.57. The van der Waals surface area contributed by atoms with Crippen LogP contribution in [0.3, 0.4) is 0 Å². The molecular weight excluding hydrogens is 576 g/mol. The highest BCUT2D eigenvalue weighted by atomic mass is 32.2. The zero-order valence-electron chi connectivity index (χ0n) is 26.1. The fourth-order valence-corrected chi connectivity index (χ4v) is 10.1. The lowest BCUT2D eigenvalue weighted by Crippen LogP contribution is -2.55. The maximum atomic E-state index is 14.8. The normalized spacial score (nSPS) is 27.1. The third-order valence-corrected chi connectivity index (χ3v) is 11.6. The van der Waals surface area contributed by atoms with Crippen molar-refractivity contribution in [1.82, 2.24) is 29.7 Å². The van der Waals surface area contributed by atoms with Crippen LogP contribution in [0.2, 0.25) is 0 Å². The minimum atomic E-state index is -0.698. The van der Waals surface area contributed by atoms with Gasteiger partial charge in [0.1, 0.15) is 18.2 Å². The molecule has 1 N–H and O–H groups in total. The number of aromatic nitrogens is 3. The molecule has 1 spiro atoms. The van der Waals surface area contributed by atoms with Gasteiger partial charge in [-0.2, -0.15) is 0 Å². The van der Waals surface area contributed by atoms with E-state index in [1.54, 1.807) is 38.4 Å². The first kappa shape index (κ1) is 32.2. The van der Waals surface area contributed by atoms with E-state index in [1.807, 2.05) is 36.1 Å². The monoisotopic (exact) mass is 622 g/mol. The van der Waals surface area contributed by atoms with Crippen LogP contribution in [-0.2, 0) is 21.1 Å². The molecule has 2 bridgehead atoms. The van der Waals surface area contributed by atoms with Gasteiger partial charge >= 0.3 is 0 Å². The Balaban J connectivity index is 1.51. The molecule has 3 saturated heterocycles. The number of carbonyl (C=O) groups is 3. The van der Waals surface area contributed by atoms with Crippen LogP contribution in [0.1, 0.15) is 58.8 Å². The number of aliphatic hydroxyl groups excluding tert-OH is 1. The Morgan fingerprint density at radius 2 is 1.82 bits per heavy atom. The van der Waals surface area contributed by atoms with E-state index in [4.69, 9.17) is 0 Å². The topological polar surface area (TPSA) is 112 Å². The summed E-state index contributed by atoms with van der Waals surface area (Å²) in [6, 6.07) is 6.93. The van der Waals surface area contributed by atoms with Gasteiger partial charge < -0.3 is 19.8 Å². The number of para-hydroxylation sites is 1. The summed E-state index contributed by atoms with van der Waals surface area (Å²) < 4.78 is 0.596. The van der Waals surface area contributed by atoms with Gasteiger partial charge in [0.15, 0.2) is 0 Å². The van der Waals surface area contributed by atoms with Crippen molar-refractivity contribution in [3.05, 3.63) is 49.6 Å². The Bertz CT molecular complexity index is 1400. The number of carbonyl (C=O) groups excluding carboxylic acids is 3. The maximum absolute atomic E-state index is 14.8. The van der Waals surface area contributed by atoms with Gasteiger partial charge in [-0.3, -0.25) is 14.4 Å². The molecule has 4 heterocycles. The highest BCUT2D eigenvalue weighted by molar-refractivity contribution is 8.02. The first-order valence-electron chi connectivity index (χ1n) is 16.0. The van der Waals surface area contributed by atoms with E-state index in [-0.39, 0.29) is 37.5 Å². The Hall–Kier alpha value is -3.18. The molecule has 0 radical (unpaired) electrons. The van der Waals surface area contributed by atoms with Crippen molar-refractivity contribution in [3.8, 4) is 0 Å². The number of aliphatic hydroxyl groups is 1. The molecule has 5 atom stereocenters. The quantitative estimate of drug-likeness (QED) is 0.224. The lowest BCUT2D eigenvalue weighted by atomic mass is 9.66. The van der Waals surface area contributed by atoms with Crippen LogP contribution in [0.15, 0.2) is 49.6 Å². The summed E-state index contributed by atoms with van der Waals surface area (Å²) in [5, 5.41) is 17.8. The van der Waals surface area contributed by atoms with Gasteiger partial charge in [-0.05, 0) is 51.2 Å². The predicted molar refractivity (Wildman–Crippen MR) is 173 cm³/mol. The van der Waals surface area contributed by atoms with Gasteiger partial charge in [-0.25, -0.2) is 4.68 Å². The van der Waals surface area contributed by atoms with Crippen LogP contribution in [0.25, 0.3) is 11.0 Å². The molecule has 2 unspecified atom stereocenters. The SMILES string of the molecule is C=CCN(Cn1nnc2ccccc21)C(=O)C1N(CCCCCCO)C(=O)[C@@H]2[C@H](C(=O)N(CC=C)CCC)[C@]3(C)CCC12S3. The summed E-state index contributed by atoms with van der Waals surface area (Å²) in [6.07, 6.45) is 8.88. The first-order chi connectivity index (χ1) is 21.3. The number of unbranched alkanes of at least 4 members (excludes halogenated alkanes) is 3. The van der Waals surface area contributed by atoms with E-state index in [9.17, 15) is 19.5 Å². The average Bonchev–Trinajstić information content (AvgIpc) is 3.72. The largest absolute Gasteiger partial charge is 0.396 e. The summed E-state index contributed by atoms with van der Waals surface area (Å²) in [5.41, 5.74) is 1.56. The number of benzene rings is 1. The van der Waals surface area contributed by atoms with Crippen molar-refractivity contribution in [1.29, 1.82) is 0 Å². The molecule has 1 aromatic carbocycles. The summed E-state index contributed by atoms with van der Waals surface area (Å²) in [7, 11) is 0. The molecule has 3 fully saturated rings. The number of hydrogen-bond donors (Lipinski definition) is 1. The minimum Gasteiger partial charge on any atom is -0.396 e. The van der Waals surface area contributed by atoms with Gasteiger partial charge in [-0.1, -0.05) is 49.3 Å². The Morgan fingerprint density at radius 1 is 1.09 bits per heavy atom. The molecular formula is C33H46N6O4S. The van der Waals surface area contributed by atoms with Crippen molar-refractivity contribution >= 4 is 40.5 Å². The van der Waals surface area contributed by atoms with Crippen LogP contribution in [0.5, 0.6) is 0 Å². The van der Waals surface area contributed by atoms with Crippen molar-refractivity contribution in [3.63, 3.8) is 0 Å². The van der Waals surface area contributed by atoms with E-state index >= 15 is 0 Å². The Kier molecular flexibility index (Phi) is 9.84. The van der Waals surface area contributed by atoms with Crippen LogP contribution >= 0.6 is 11.8 Å². The molecule has 238 valence electrons. The van der Waals surface area contributed by atoms with Crippen LogP contribution in [-0.4, -0.2) is 101 Å². The van der Waals surface area contributed by atoms with Gasteiger partial charge in [0, 0.05) is 37.5 Å². The number of hydrogen-bond acceptors (Lipinski definition) is 7. The van der Waals surface area contributed by atoms with Gasteiger partial charge in [-0.15, -0.1) is 30.0 Å². The number of likely N-dealkylation sites (tertiary alicyclic amines) is 1. The van der Waals surface area contributed by atoms with E-state index in [1.165, 1.54) is 0 Å². The highest BCUT2D eigenvalue weighted by Crippen LogP contribution is 2.71. The molecule has 3 aliphatic rings. The third-order valence-electron chi connectivity index (χ3n) is 9.62. The van der Waals surface area contributed by atoms with Crippen LogP contribution in [0, 0.1) is 11.8 Å². The first-order valence-corrected chi connectivity index (χ1v) is 16.8. The lowest BCUT2D eigenvalue weighted by Gasteiger charge is -2.38. The van der Waals surface area contributed by atoms with E-state index < -0.39 is 27.4 Å². The molecule has 2 aromatic rings. The van der Waals surface area contributed by atoms with E-state index in [0.717, 1.165) is 43.1 Å². The Labute approximate surface area is 264 Å². The smallest absolute Gasteiger partial charge is 0.248 e. The lowest BCUT2D eigenvalue weighted by molar-refractivity contribution is -0.146. The van der Waals surface area contributed by atoms with E-state index in [0.29, 0.717) is 32.5 Å². The summed E-state index contributed by atoms with van der Waals surface area (Å²) >= 11 is 1.70. The molecule has 3 aliphatic heterocycles. The van der Waals surface area contributed by atoms with Crippen molar-refractivity contribution in [2.24, 2.45) is 11.8 Å².